The fourth-order valence-corrected chi connectivity index (χ4v) is 5.11. The molecule has 0 aliphatic heterocycles. The van der Waals surface area contributed by atoms with Crippen LogP contribution in [0.1, 0.15) is 63.9 Å². The van der Waals surface area contributed by atoms with Crippen molar-refractivity contribution in [3.63, 3.8) is 0 Å². The quantitative estimate of drug-likeness (QED) is 0.0539. The molecule has 1 aromatic heterocycles. The first-order chi connectivity index (χ1) is 19.5. The van der Waals surface area contributed by atoms with Gasteiger partial charge in [-0.25, -0.2) is 9.78 Å². The summed E-state index contributed by atoms with van der Waals surface area (Å²) in [4.78, 5) is 32.8. The molecule has 0 spiro atoms. The minimum Gasteiger partial charge on any atom is -0.598 e. The number of hydrogen-bond acceptors (Lipinski definition) is 10. The minimum atomic E-state index is -4.36. The highest BCUT2D eigenvalue weighted by molar-refractivity contribution is 7.53. The molecule has 0 bridgehead atoms. The molecule has 0 saturated heterocycles. The van der Waals surface area contributed by atoms with Crippen molar-refractivity contribution in [3.05, 3.63) is 46.9 Å². The Balaban J connectivity index is 1.46. The Morgan fingerprint density at radius 1 is 0.925 bits per heavy atom. The fourth-order valence-electron chi connectivity index (χ4n) is 3.72. The molecule has 228 valence electrons. The van der Waals surface area contributed by atoms with Crippen molar-refractivity contribution in [3.8, 4) is 5.75 Å². The topological polar surface area (TPSA) is 112 Å². The van der Waals surface area contributed by atoms with E-state index >= 15 is 0 Å². The normalized spacial score (nSPS) is 13.8. The second kappa shape index (κ2) is 22.4. The van der Waals surface area contributed by atoms with Crippen LogP contribution in [0.2, 0.25) is 0 Å². The molecule has 12 heteroatoms. The summed E-state index contributed by atoms with van der Waals surface area (Å²) in [5.74, 6) is 0.242. The second-order valence-corrected chi connectivity index (χ2v) is 11.5. The van der Waals surface area contributed by atoms with Crippen molar-refractivity contribution in [1.29, 1.82) is 0 Å². The predicted octanol–water partition coefficient (Wildman–Crippen LogP) is 4.65. The Hall–Kier alpha value is -1.24. The summed E-state index contributed by atoms with van der Waals surface area (Å²) in [7, 11) is -2.91. The Morgan fingerprint density at radius 3 is 2.38 bits per heavy atom. The van der Waals surface area contributed by atoms with Crippen LogP contribution < -0.4 is 14.0 Å². The summed E-state index contributed by atoms with van der Waals surface area (Å²) >= 11 is 1.59. The number of methoxy groups -OCH3 is 1. The zero-order valence-electron chi connectivity index (χ0n) is 23.9. The van der Waals surface area contributed by atoms with Gasteiger partial charge in [-0.15, -0.1) is 0 Å². The molecule has 0 aliphatic rings. The third-order valence-corrected chi connectivity index (χ3v) is 7.52. The summed E-state index contributed by atoms with van der Waals surface area (Å²) in [5.41, 5.74) is 2.91. The van der Waals surface area contributed by atoms with Gasteiger partial charge in [-0.3, -0.25) is 4.52 Å². The van der Waals surface area contributed by atoms with E-state index < -0.39 is 14.3 Å². The number of phosphoric acid groups is 1. The zero-order valence-corrected chi connectivity index (χ0v) is 25.7. The van der Waals surface area contributed by atoms with Crippen LogP contribution >= 0.6 is 19.5 Å². The smallest absolute Gasteiger partial charge is 0.426 e. The van der Waals surface area contributed by atoms with Crippen molar-refractivity contribution in [2.45, 2.75) is 70.9 Å². The van der Waals surface area contributed by atoms with Crippen LogP contribution in [-0.4, -0.2) is 64.4 Å². The summed E-state index contributed by atoms with van der Waals surface area (Å²) in [6, 6.07) is 6.98. The molecule has 1 heterocycles. The van der Waals surface area contributed by atoms with Gasteiger partial charge in [-0.05, 0) is 18.6 Å². The zero-order chi connectivity index (χ0) is 28.7. The first kappa shape index (κ1) is 35.0. The maximum absolute atomic E-state index is 12.4. The number of ether oxygens (including phenoxy) is 3. The van der Waals surface area contributed by atoms with E-state index in [-0.39, 0.29) is 25.6 Å². The summed E-state index contributed by atoms with van der Waals surface area (Å²) in [6.45, 7) is 5.07. The number of rotatable bonds is 26. The van der Waals surface area contributed by atoms with Gasteiger partial charge in [0, 0.05) is 19.3 Å². The SMILES string of the molecule is CCCCCCCCCCOCCOCCOOC[C@H](CO[P+]([O-])(O)Oc1cccc(C[n+]2ccsc2)c1)OC. The third-order valence-electron chi connectivity index (χ3n) is 5.93. The molecule has 0 fully saturated rings. The maximum atomic E-state index is 12.4. The molecule has 1 aromatic carbocycles. The Bertz CT molecular complexity index is 860. The first-order valence-corrected chi connectivity index (χ1v) is 16.6. The lowest BCUT2D eigenvalue weighted by Gasteiger charge is -2.22. The molecule has 1 unspecified atom stereocenters. The molecule has 0 aliphatic carbocycles. The number of nitrogens with zero attached hydrogens (tertiary/aromatic N) is 1. The molecule has 0 radical (unpaired) electrons. The van der Waals surface area contributed by atoms with E-state index in [4.69, 9.17) is 33.0 Å². The van der Waals surface area contributed by atoms with Crippen molar-refractivity contribution < 1.29 is 47.4 Å². The van der Waals surface area contributed by atoms with E-state index in [9.17, 15) is 9.79 Å². The van der Waals surface area contributed by atoms with E-state index in [0.29, 0.717) is 26.4 Å². The molecule has 2 rings (SSSR count). The van der Waals surface area contributed by atoms with Gasteiger partial charge in [-0.2, -0.15) is 14.0 Å². The molecular formula is C28H47NO9PS+. The van der Waals surface area contributed by atoms with Crippen LogP contribution in [0.5, 0.6) is 5.75 Å². The fraction of sp³-hybridized carbons (Fsp3) is 0.679. The standard InChI is InChI=1S/C28H46NO9PS/c1-3-4-5-6-7-8-9-10-15-33-16-17-34-18-19-35-36-23-28(32-2)24-37-39(30,31)38-27-13-11-12-26(21-27)22-29-14-20-40-25-29/h11-14,20-21,25,28H,3-10,15-19,22-24H2,1-2H3/p+1/t28-/m1/s1. The highest BCUT2D eigenvalue weighted by Gasteiger charge is 2.31. The van der Waals surface area contributed by atoms with Gasteiger partial charge in [-0.1, -0.05) is 75.3 Å². The lowest BCUT2D eigenvalue weighted by atomic mass is 10.1. The first-order valence-electron chi connectivity index (χ1n) is 14.1. The summed E-state index contributed by atoms with van der Waals surface area (Å²) in [6.07, 6.45) is 11.6. The van der Waals surface area contributed by atoms with E-state index in [1.165, 1.54) is 52.1 Å². The monoisotopic (exact) mass is 604 g/mol. The second-order valence-electron chi connectivity index (χ2n) is 9.37. The maximum Gasteiger partial charge on any atom is 0.426 e. The number of thiazole rings is 1. The van der Waals surface area contributed by atoms with Crippen LogP contribution in [0.25, 0.3) is 0 Å². The van der Waals surface area contributed by atoms with Crippen molar-refractivity contribution in [2.24, 2.45) is 0 Å². The molecule has 10 nitrogen and oxygen atoms in total. The molecule has 1 N–H and O–H groups in total. The van der Waals surface area contributed by atoms with E-state index in [1.54, 1.807) is 29.5 Å². The third kappa shape index (κ3) is 17.5. The van der Waals surface area contributed by atoms with Crippen LogP contribution in [0.4, 0.5) is 0 Å². The van der Waals surface area contributed by atoms with Crippen LogP contribution in [0.3, 0.4) is 0 Å². The average molecular weight is 605 g/mol. The van der Waals surface area contributed by atoms with E-state index in [2.05, 4.69) is 6.92 Å². The summed E-state index contributed by atoms with van der Waals surface area (Å²) in [5, 5.41) is 1.97. The lowest BCUT2D eigenvalue weighted by molar-refractivity contribution is -0.683. The molecule has 0 amide bonds. The van der Waals surface area contributed by atoms with Gasteiger partial charge in [0.15, 0.2) is 18.5 Å². The van der Waals surface area contributed by atoms with Crippen molar-refractivity contribution >= 4 is 19.5 Å². The minimum absolute atomic E-state index is 0.00552. The van der Waals surface area contributed by atoms with Crippen LogP contribution in [-0.2, 0) is 35.1 Å². The van der Waals surface area contributed by atoms with Gasteiger partial charge in [0.25, 0.3) is 0 Å². The van der Waals surface area contributed by atoms with Gasteiger partial charge in [0.05, 0.1) is 25.2 Å². The molecular weight excluding hydrogens is 557 g/mol. The van der Waals surface area contributed by atoms with E-state index in [1.807, 2.05) is 27.7 Å². The highest BCUT2D eigenvalue weighted by atomic mass is 32.1. The summed E-state index contributed by atoms with van der Waals surface area (Å²) < 4.78 is 28.6. The Kier molecular flexibility index (Phi) is 19.6. The lowest BCUT2D eigenvalue weighted by Crippen LogP contribution is -2.30. The number of hydrogen-bond donors (Lipinski definition) is 1. The van der Waals surface area contributed by atoms with Gasteiger partial charge in [0.2, 0.25) is 5.51 Å². The van der Waals surface area contributed by atoms with Crippen molar-refractivity contribution in [1.82, 2.24) is 0 Å². The number of phosphoric ester groups is 1. The average Bonchev–Trinajstić information content (AvgIpc) is 3.45. The largest absolute Gasteiger partial charge is 0.598 e. The Labute approximate surface area is 243 Å². The molecule has 2 atom stereocenters. The number of benzene rings is 1. The molecule has 40 heavy (non-hydrogen) atoms. The van der Waals surface area contributed by atoms with Crippen molar-refractivity contribution in [2.75, 3.05) is 53.4 Å². The predicted molar refractivity (Wildman–Crippen MR) is 153 cm³/mol. The number of unbranched alkanes of at least 4 members (excludes halogenated alkanes) is 7. The van der Waals surface area contributed by atoms with Gasteiger partial charge >= 0.3 is 8.17 Å². The van der Waals surface area contributed by atoms with Gasteiger partial charge in [0.1, 0.15) is 25.9 Å². The Morgan fingerprint density at radius 2 is 1.65 bits per heavy atom. The number of aromatic nitrogens is 1. The highest BCUT2D eigenvalue weighted by Crippen LogP contribution is 2.47. The van der Waals surface area contributed by atoms with Gasteiger partial charge < -0.3 is 19.1 Å². The van der Waals surface area contributed by atoms with E-state index in [0.717, 1.165) is 18.6 Å². The van der Waals surface area contributed by atoms with Crippen LogP contribution in [0, 0.1) is 0 Å². The molecule has 2 aromatic rings. The van der Waals surface area contributed by atoms with Crippen LogP contribution in [0.15, 0.2) is 41.4 Å². The molecule has 0 saturated carbocycles.